The van der Waals surface area contributed by atoms with E-state index < -0.39 is 0 Å². The lowest BCUT2D eigenvalue weighted by atomic mass is 9.73. The van der Waals surface area contributed by atoms with E-state index in [2.05, 4.69) is 6.58 Å². The topological polar surface area (TPSA) is 40.5 Å². The second-order valence-electron chi connectivity index (χ2n) is 3.60. The minimum Gasteiger partial charge on any atom is -0.508 e. The number of rotatable bonds is 1. The molecule has 2 nitrogen and oxygen atoms in total. The molecule has 13 heavy (non-hydrogen) atoms. The van der Waals surface area contributed by atoms with Crippen LogP contribution in [0.4, 0.5) is 0 Å². The average molecular weight is 176 g/mol. The lowest BCUT2D eigenvalue weighted by Gasteiger charge is -2.31. The summed E-state index contributed by atoms with van der Waals surface area (Å²) in [6, 6.07) is 3.06. The van der Waals surface area contributed by atoms with Gasteiger partial charge in [-0.3, -0.25) is 0 Å². The first-order valence-corrected chi connectivity index (χ1v) is 4.30. The van der Waals surface area contributed by atoms with E-state index >= 15 is 0 Å². The van der Waals surface area contributed by atoms with Crippen molar-refractivity contribution in [1.29, 1.82) is 0 Å². The van der Waals surface area contributed by atoms with Crippen LogP contribution in [0.3, 0.4) is 0 Å². The molecule has 1 aliphatic rings. The molecule has 1 atom stereocenters. The van der Waals surface area contributed by atoms with E-state index in [9.17, 15) is 10.2 Å². The Morgan fingerprint density at radius 3 is 2.62 bits per heavy atom. The molecule has 1 aromatic carbocycles. The van der Waals surface area contributed by atoms with Crippen LogP contribution in [-0.4, -0.2) is 10.2 Å². The smallest absolute Gasteiger partial charge is 0.119 e. The van der Waals surface area contributed by atoms with Crippen molar-refractivity contribution < 1.29 is 10.2 Å². The van der Waals surface area contributed by atoms with Gasteiger partial charge < -0.3 is 10.2 Å². The van der Waals surface area contributed by atoms with Crippen LogP contribution in [0.1, 0.15) is 24.0 Å². The molecule has 1 aliphatic carbocycles. The summed E-state index contributed by atoms with van der Waals surface area (Å²) in [4.78, 5) is 0. The zero-order valence-electron chi connectivity index (χ0n) is 7.54. The van der Waals surface area contributed by atoms with Crippen molar-refractivity contribution in [3.8, 4) is 11.5 Å². The summed E-state index contributed by atoms with van der Waals surface area (Å²) in [6.45, 7) is 5.80. The fourth-order valence-electron chi connectivity index (χ4n) is 1.84. The summed E-state index contributed by atoms with van der Waals surface area (Å²) in [5, 5.41) is 19.0. The summed E-state index contributed by atoms with van der Waals surface area (Å²) >= 11 is 0. The Hall–Kier alpha value is -1.44. The largest absolute Gasteiger partial charge is 0.508 e. The van der Waals surface area contributed by atoms with Gasteiger partial charge in [0.05, 0.1) is 0 Å². The maximum atomic E-state index is 9.54. The van der Waals surface area contributed by atoms with Crippen molar-refractivity contribution in [2.45, 2.75) is 19.3 Å². The third kappa shape index (κ3) is 1.02. The fraction of sp³-hybridized carbons (Fsp3) is 0.273. The maximum Gasteiger partial charge on any atom is 0.119 e. The van der Waals surface area contributed by atoms with Crippen molar-refractivity contribution >= 4 is 0 Å². The molecule has 0 aliphatic heterocycles. The molecule has 0 bridgehead atoms. The Labute approximate surface area is 77.1 Å². The Morgan fingerprint density at radius 2 is 2.00 bits per heavy atom. The number of hydrogen-bond donors (Lipinski definition) is 2. The zero-order valence-corrected chi connectivity index (χ0v) is 7.54. The van der Waals surface area contributed by atoms with E-state index in [1.54, 1.807) is 0 Å². The van der Waals surface area contributed by atoms with Crippen LogP contribution in [0.2, 0.25) is 0 Å². The molecule has 0 saturated carbocycles. The van der Waals surface area contributed by atoms with Gasteiger partial charge in [0.15, 0.2) is 0 Å². The molecule has 0 saturated heterocycles. The summed E-state index contributed by atoms with van der Waals surface area (Å²) in [6.07, 6.45) is 0.797. The van der Waals surface area contributed by atoms with Gasteiger partial charge >= 0.3 is 0 Å². The van der Waals surface area contributed by atoms with Crippen molar-refractivity contribution in [1.82, 2.24) is 0 Å². The summed E-state index contributed by atoms with van der Waals surface area (Å²) in [5.74, 6) is 0.777. The first kappa shape index (κ1) is 8.17. The molecule has 0 heterocycles. The van der Waals surface area contributed by atoms with Crippen molar-refractivity contribution in [3.05, 3.63) is 35.4 Å². The molecule has 0 amide bonds. The minimum absolute atomic E-state index is 0.224. The highest BCUT2D eigenvalue weighted by molar-refractivity contribution is 5.58. The molecular formula is C11H12O2. The molecule has 0 fully saturated rings. The van der Waals surface area contributed by atoms with E-state index in [1.807, 2.05) is 6.92 Å². The zero-order chi connectivity index (χ0) is 9.59. The molecule has 1 aromatic rings. The van der Waals surface area contributed by atoms with Crippen LogP contribution in [-0.2, 0) is 6.42 Å². The summed E-state index contributed by atoms with van der Waals surface area (Å²) < 4.78 is 0. The van der Waals surface area contributed by atoms with E-state index in [0.717, 1.165) is 23.1 Å². The lowest BCUT2D eigenvalue weighted by molar-refractivity contribution is 0.428. The van der Waals surface area contributed by atoms with Crippen LogP contribution < -0.4 is 0 Å². The quantitative estimate of drug-likeness (QED) is 0.509. The van der Waals surface area contributed by atoms with Gasteiger partial charge in [-0.2, -0.15) is 0 Å². The fourth-order valence-corrected chi connectivity index (χ4v) is 1.84. The van der Waals surface area contributed by atoms with E-state index in [-0.39, 0.29) is 17.4 Å². The van der Waals surface area contributed by atoms with E-state index in [4.69, 9.17) is 0 Å². The molecule has 0 aromatic heterocycles. The van der Waals surface area contributed by atoms with Gasteiger partial charge in [0.1, 0.15) is 11.5 Å². The number of allylic oxidation sites excluding steroid dienone is 1. The van der Waals surface area contributed by atoms with E-state index in [1.165, 1.54) is 12.1 Å². The Kier molecular flexibility index (Phi) is 1.59. The first-order chi connectivity index (χ1) is 6.11. The van der Waals surface area contributed by atoms with Gasteiger partial charge in [0, 0.05) is 17.0 Å². The van der Waals surface area contributed by atoms with Crippen LogP contribution >= 0.6 is 0 Å². The number of benzene rings is 1. The molecule has 68 valence electrons. The maximum absolute atomic E-state index is 9.54. The number of phenols is 2. The summed E-state index contributed by atoms with van der Waals surface area (Å²) in [5.41, 5.74) is 2.76. The predicted octanol–water partition coefficient (Wildman–Crippen LogP) is 2.31. The van der Waals surface area contributed by atoms with Crippen LogP contribution in [0.15, 0.2) is 24.3 Å². The Morgan fingerprint density at radius 1 is 1.38 bits per heavy atom. The lowest BCUT2D eigenvalue weighted by Crippen LogP contribution is -2.18. The number of hydrogen-bond acceptors (Lipinski definition) is 2. The SMILES string of the molecule is C=C(C)[C@@H]1Cc2c(O)ccc(O)c21. The second-order valence-corrected chi connectivity index (χ2v) is 3.60. The van der Waals surface area contributed by atoms with Gasteiger partial charge in [-0.25, -0.2) is 0 Å². The molecule has 0 radical (unpaired) electrons. The molecular weight excluding hydrogens is 164 g/mol. The minimum atomic E-state index is 0.224. The van der Waals surface area contributed by atoms with Gasteiger partial charge in [0.2, 0.25) is 0 Å². The van der Waals surface area contributed by atoms with Crippen LogP contribution in [0, 0.1) is 0 Å². The average Bonchev–Trinajstić information content (AvgIpc) is 1.95. The van der Waals surface area contributed by atoms with Crippen LogP contribution in [0.25, 0.3) is 0 Å². The molecule has 0 spiro atoms. The van der Waals surface area contributed by atoms with Crippen molar-refractivity contribution in [2.75, 3.05) is 0 Å². The third-order valence-electron chi connectivity index (χ3n) is 2.66. The van der Waals surface area contributed by atoms with Crippen LogP contribution in [0.5, 0.6) is 11.5 Å². The van der Waals surface area contributed by atoms with Gasteiger partial charge in [-0.05, 0) is 25.5 Å². The third-order valence-corrected chi connectivity index (χ3v) is 2.66. The van der Waals surface area contributed by atoms with Gasteiger partial charge in [-0.15, -0.1) is 0 Å². The normalized spacial score (nSPS) is 19.0. The van der Waals surface area contributed by atoms with E-state index in [0.29, 0.717) is 0 Å². The highest BCUT2D eigenvalue weighted by Crippen LogP contribution is 2.48. The van der Waals surface area contributed by atoms with Gasteiger partial charge in [0.25, 0.3) is 0 Å². The van der Waals surface area contributed by atoms with Crippen molar-refractivity contribution in [3.63, 3.8) is 0 Å². The Bertz CT molecular complexity index is 380. The Balaban J connectivity index is 2.51. The molecule has 2 N–H and O–H groups in total. The standard InChI is InChI=1S/C11H12O2/c1-6(2)7-5-8-9(12)3-4-10(13)11(7)8/h3-4,7,12-13H,1,5H2,2H3/t7-/m0/s1. The number of fused-ring (bicyclic) bond motifs is 1. The molecule has 2 rings (SSSR count). The molecule has 0 unspecified atom stereocenters. The van der Waals surface area contributed by atoms with Gasteiger partial charge in [-0.1, -0.05) is 12.2 Å². The number of phenolic OH excluding ortho intramolecular Hbond substituents is 2. The van der Waals surface area contributed by atoms with Crippen molar-refractivity contribution in [2.24, 2.45) is 0 Å². The predicted molar refractivity (Wildman–Crippen MR) is 51.0 cm³/mol. The monoisotopic (exact) mass is 176 g/mol. The highest BCUT2D eigenvalue weighted by atomic mass is 16.3. The highest BCUT2D eigenvalue weighted by Gasteiger charge is 2.32. The number of aromatic hydroxyl groups is 2. The summed E-state index contributed by atoms with van der Waals surface area (Å²) in [7, 11) is 0. The second kappa shape index (κ2) is 2.52. The molecule has 2 heteroatoms. The first-order valence-electron chi connectivity index (χ1n) is 4.30.